The Morgan fingerprint density at radius 1 is 1.44 bits per heavy atom. The van der Waals surface area contributed by atoms with Crippen LogP contribution in [0.25, 0.3) is 0 Å². The molecule has 1 unspecified atom stereocenters. The van der Waals surface area contributed by atoms with Crippen molar-refractivity contribution >= 4 is 5.91 Å². The van der Waals surface area contributed by atoms with Crippen molar-refractivity contribution in [1.82, 2.24) is 5.32 Å². The van der Waals surface area contributed by atoms with Crippen LogP contribution in [0.3, 0.4) is 0 Å². The maximum atomic E-state index is 11.7. The van der Waals surface area contributed by atoms with Crippen LogP contribution in [-0.4, -0.2) is 5.91 Å². The molecule has 1 amide bonds. The van der Waals surface area contributed by atoms with Crippen molar-refractivity contribution in [2.45, 2.75) is 26.3 Å². The molecular weight excluding hydrogens is 200 g/mol. The van der Waals surface area contributed by atoms with E-state index in [2.05, 4.69) is 5.32 Å². The number of nitrogens with zero attached hydrogens (tertiary/aromatic N) is 1. The Morgan fingerprint density at radius 2 is 2.06 bits per heavy atom. The number of nitrogens with one attached hydrogen (secondary N) is 1. The van der Waals surface area contributed by atoms with E-state index in [0.717, 1.165) is 5.56 Å². The molecule has 0 aliphatic rings. The van der Waals surface area contributed by atoms with Crippen molar-refractivity contribution in [2.24, 2.45) is 5.92 Å². The van der Waals surface area contributed by atoms with Crippen molar-refractivity contribution in [1.29, 1.82) is 5.26 Å². The third-order valence-corrected chi connectivity index (χ3v) is 2.54. The molecule has 0 spiro atoms. The van der Waals surface area contributed by atoms with E-state index in [1.165, 1.54) is 0 Å². The zero-order chi connectivity index (χ0) is 12.0. The number of nitriles is 1. The summed E-state index contributed by atoms with van der Waals surface area (Å²) in [5.74, 6) is -0.743. The molecule has 1 N–H and O–H groups in total. The first-order valence-electron chi connectivity index (χ1n) is 5.44. The van der Waals surface area contributed by atoms with Gasteiger partial charge in [0.05, 0.1) is 12.1 Å². The highest BCUT2D eigenvalue weighted by Crippen LogP contribution is 2.12. The van der Waals surface area contributed by atoms with Gasteiger partial charge in [-0.05, 0) is 18.9 Å². The number of rotatable bonds is 4. The summed E-state index contributed by atoms with van der Waals surface area (Å²) < 4.78 is 0. The molecular formula is C13H16N2O. The van der Waals surface area contributed by atoms with E-state index in [1.807, 2.05) is 50.2 Å². The fourth-order valence-corrected chi connectivity index (χ4v) is 1.47. The molecule has 3 heteroatoms. The normalized spacial score (nSPS) is 13.6. The topological polar surface area (TPSA) is 52.9 Å². The standard InChI is InChI=1S/C13H16N2O/c1-3-11(9-14)13(16)15-10(2)12-7-5-4-6-8-12/h4-8,10-11H,3H2,1-2H3,(H,15,16)/t10-,11?/m0/s1. The number of carbonyl (C=O) groups is 1. The van der Waals surface area contributed by atoms with Gasteiger partial charge in [-0.25, -0.2) is 0 Å². The maximum Gasteiger partial charge on any atom is 0.237 e. The molecule has 0 aromatic heterocycles. The van der Waals surface area contributed by atoms with Gasteiger partial charge in [-0.15, -0.1) is 0 Å². The minimum atomic E-state index is -0.550. The molecule has 0 heterocycles. The predicted octanol–water partition coefficient (Wildman–Crippen LogP) is 2.41. The lowest BCUT2D eigenvalue weighted by molar-refractivity contribution is -0.124. The van der Waals surface area contributed by atoms with Gasteiger partial charge < -0.3 is 5.32 Å². The molecule has 0 bridgehead atoms. The van der Waals surface area contributed by atoms with E-state index in [4.69, 9.17) is 5.26 Å². The third-order valence-electron chi connectivity index (χ3n) is 2.54. The minimum Gasteiger partial charge on any atom is -0.348 e. The average molecular weight is 216 g/mol. The van der Waals surface area contributed by atoms with Crippen LogP contribution in [0, 0.1) is 17.2 Å². The van der Waals surface area contributed by atoms with E-state index < -0.39 is 5.92 Å². The SMILES string of the molecule is CCC(C#N)C(=O)N[C@@H](C)c1ccccc1. The zero-order valence-electron chi connectivity index (χ0n) is 9.60. The first kappa shape index (κ1) is 12.3. The third kappa shape index (κ3) is 3.09. The van der Waals surface area contributed by atoms with Gasteiger partial charge in [0.15, 0.2) is 0 Å². The predicted molar refractivity (Wildman–Crippen MR) is 62.4 cm³/mol. The smallest absolute Gasteiger partial charge is 0.237 e. The largest absolute Gasteiger partial charge is 0.348 e. The van der Waals surface area contributed by atoms with Gasteiger partial charge in [0.2, 0.25) is 5.91 Å². The molecule has 0 fully saturated rings. The molecule has 84 valence electrons. The second kappa shape index (κ2) is 5.92. The lowest BCUT2D eigenvalue weighted by Crippen LogP contribution is -2.31. The molecule has 16 heavy (non-hydrogen) atoms. The van der Waals surface area contributed by atoms with E-state index in [-0.39, 0.29) is 11.9 Å². The van der Waals surface area contributed by atoms with E-state index in [0.29, 0.717) is 6.42 Å². The molecule has 0 saturated carbocycles. The van der Waals surface area contributed by atoms with Gasteiger partial charge in [-0.1, -0.05) is 37.3 Å². The first-order valence-corrected chi connectivity index (χ1v) is 5.44. The summed E-state index contributed by atoms with van der Waals surface area (Å²) in [5, 5.41) is 11.6. The Balaban J connectivity index is 2.62. The number of carbonyl (C=O) groups excluding carboxylic acids is 1. The second-order valence-electron chi connectivity index (χ2n) is 3.73. The summed E-state index contributed by atoms with van der Waals surface area (Å²) in [6.07, 6.45) is 0.545. The fourth-order valence-electron chi connectivity index (χ4n) is 1.47. The second-order valence-corrected chi connectivity index (χ2v) is 3.73. The molecule has 0 aliphatic carbocycles. The number of hydrogen-bond donors (Lipinski definition) is 1. The van der Waals surface area contributed by atoms with Crippen LogP contribution < -0.4 is 5.32 Å². The molecule has 2 atom stereocenters. The molecule has 0 aliphatic heterocycles. The Hall–Kier alpha value is -1.82. The van der Waals surface area contributed by atoms with Crippen molar-refractivity contribution in [2.75, 3.05) is 0 Å². The van der Waals surface area contributed by atoms with Gasteiger partial charge in [0.25, 0.3) is 0 Å². The summed E-state index contributed by atoms with van der Waals surface area (Å²) in [6, 6.07) is 11.6. The van der Waals surface area contributed by atoms with Gasteiger partial charge in [0, 0.05) is 0 Å². The quantitative estimate of drug-likeness (QED) is 0.840. The van der Waals surface area contributed by atoms with Gasteiger partial charge in [0.1, 0.15) is 5.92 Å². The highest BCUT2D eigenvalue weighted by atomic mass is 16.1. The molecule has 0 radical (unpaired) electrons. The molecule has 3 nitrogen and oxygen atoms in total. The van der Waals surface area contributed by atoms with E-state index in [1.54, 1.807) is 0 Å². The van der Waals surface area contributed by atoms with Crippen LogP contribution in [-0.2, 0) is 4.79 Å². The maximum absolute atomic E-state index is 11.7. The Labute approximate surface area is 96.1 Å². The van der Waals surface area contributed by atoms with Crippen LogP contribution in [0.5, 0.6) is 0 Å². The zero-order valence-corrected chi connectivity index (χ0v) is 9.60. The Morgan fingerprint density at radius 3 is 2.56 bits per heavy atom. The summed E-state index contributed by atoms with van der Waals surface area (Å²) in [5.41, 5.74) is 1.05. The van der Waals surface area contributed by atoms with E-state index in [9.17, 15) is 4.79 Å². The van der Waals surface area contributed by atoms with Crippen molar-refractivity contribution in [3.8, 4) is 6.07 Å². The van der Waals surface area contributed by atoms with Crippen LogP contribution in [0.1, 0.15) is 31.9 Å². The van der Waals surface area contributed by atoms with Gasteiger partial charge in [-0.3, -0.25) is 4.79 Å². The summed E-state index contributed by atoms with van der Waals surface area (Å²) in [7, 11) is 0. The van der Waals surface area contributed by atoms with Crippen molar-refractivity contribution < 1.29 is 4.79 Å². The van der Waals surface area contributed by atoms with Crippen molar-refractivity contribution in [3.05, 3.63) is 35.9 Å². The highest BCUT2D eigenvalue weighted by Gasteiger charge is 2.17. The summed E-state index contributed by atoms with van der Waals surface area (Å²) in [4.78, 5) is 11.7. The molecule has 0 saturated heterocycles. The minimum absolute atomic E-state index is 0.0592. The first-order chi connectivity index (χ1) is 7.69. The van der Waals surface area contributed by atoms with Crippen molar-refractivity contribution in [3.63, 3.8) is 0 Å². The van der Waals surface area contributed by atoms with Gasteiger partial charge >= 0.3 is 0 Å². The van der Waals surface area contributed by atoms with E-state index >= 15 is 0 Å². The number of hydrogen-bond acceptors (Lipinski definition) is 2. The average Bonchev–Trinajstić information content (AvgIpc) is 2.31. The Kier molecular flexibility index (Phi) is 4.53. The number of benzene rings is 1. The lowest BCUT2D eigenvalue weighted by atomic mass is 10.1. The molecule has 1 aromatic rings. The Bertz CT molecular complexity index is 381. The summed E-state index contributed by atoms with van der Waals surface area (Å²) >= 11 is 0. The van der Waals surface area contributed by atoms with Gasteiger partial charge in [-0.2, -0.15) is 5.26 Å². The number of amides is 1. The van der Waals surface area contributed by atoms with Crippen LogP contribution >= 0.6 is 0 Å². The monoisotopic (exact) mass is 216 g/mol. The summed E-state index contributed by atoms with van der Waals surface area (Å²) in [6.45, 7) is 3.75. The highest BCUT2D eigenvalue weighted by molar-refractivity contribution is 5.81. The lowest BCUT2D eigenvalue weighted by Gasteiger charge is -2.15. The molecule has 1 rings (SSSR count). The van der Waals surface area contributed by atoms with Crippen LogP contribution in [0.4, 0.5) is 0 Å². The molecule has 1 aromatic carbocycles. The fraction of sp³-hybridized carbons (Fsp3) is 0.385. The van der Waals surface area contributed by atoms with Crippen LogP contribution in [0.2, 0.25) is 0 Å². The van der Waals surface area contributed by atoms with Crippen LogP contribution in [0.15, 0.2) is 30.3 Å².